The van der Waals surface area contributed by atoms with Crippen LogP contribution in [0.2, 0.25) is 0 Å². The number of ether oxygens (including phenoxy) is 1. The van der Waals surface area contributed by atoms with Crippen LogP contribution < -0.4 is 16.1 Å². The van der Waals surface area contributed by atoms with Crippen LogP contribution in [0, 0.1) is 0 Å². The third kappa shape index (κ3) is 6.12. The molecule has 212 valence electrons. The number of aromatic nitrogens is 4. The summed E-state index contributed by atoms with van der Waals surface area (Å²) in [4.78, 5) is 37.8. The maximum Gasteiger partial charge on any atom is 0.434 e. The van der Waals surface area contributed by atoms with Gasteiger partial charge in [-0.15, -0.1) is 11.3 Å². The second kappa shape index (κ2) is 12.1. The molecule has 0 fully saturated rings. The zero-order valence-electron chi connectivity index (χ0n) is 21.3. The number of carbonyl (C=O) groups excluding carboxylic acids is 1. The van der Waals surface area contributed by atoms with E-state index in [-0.39, 0.29) is 40.6 Å². The van der Waals surface area contributed by atoms with Crippen molar-refractivity contribution in [1.82, 2.24) is 24.8 Å². The highest BCUT2D eigenvalue weighted by Crippen LogP contribution is 2.38. The van der Waals surface area contributed by atoms with E-state index in [1.807, 2.05) is 6.92 Å². The molecular weight excluding hydrogens is 553 g/mol. The van der Waals surface area contributed by atoms with E-state index in [0.29, 0.717) is 29.9 Å². The number of aryl methyl sites for hydroxylation is 1. The number of fused-ring (bicyclic) bond motifs is 1. The predicted octanol–water partition coefficient (Wildman–Crippen LogP) is 3.76. The number of rotatable bonds is 9. The molecule has 4 heterocycles. The van der Waals surface area contributed by atoms with E-state index in [4.69, 9.17) is 9.84 Å². The van der Waals surface area contributed by atoms with E-state index in [1.165, 1.54) is 30.7 Å². The number of anilines is 1. The van der Waals surface area contributed by atoms with Gasteiger partial charge in [-0.05, 0) is 26.0 Å². The summed E-state index contributed by atoms with van der Waals surface area (Å²) in [7, 11) is 0. The Kier molecular flexibility index (Phi) is 8.78. The Morgan fingerprint density at radius 3 is 2.62 bits per heavy atom. The molecule has 0 spiro atoms. The first-order valence-electron chi connectivity index (χ1n) is 12.1. The molecule has 4 aromatic rings. The summed E-state index contributed by atoms with van der Waals surface area (Å²) in [6, 6.07) is 2.33. The van der Waals surface area contributed by atoms with Crippen LogP contribution in [0.25, 0.3) is 32.7 Å². The van der Waals surface area contributed by atoms with Crippen molar-refractivity contribution in [3.05, 3.63) is 57.6 Å². The summed E-state index contributed by atoms with van der Waals surface area (Å²) in [5.41, 5.74) is -0.533. The zero-order valence-corrected chi connectivity index (χ0v) is 22.1. The second-order valence-electron chi connectivity index (χ2n) is 8.38. The largest absolute Gasteiger partial charge is 0.434 e. The van der Waals surface area contributed by atoms with Gasteiger partial charge in [-0.2, -0.15) is 13.2 Å². The van der Waals surface area contributed by atoms with E-state index >= 15 is 0 Å². The fraction of sp³-hybridized carbons (Fsp3) is 0.320. The SMILES string of the molecule is CCNC(=O)Nc1cc(-c2nc(C(F)(F)F)cs2)c(-c2cnc3c(c2)c(=O)c(C(O)OCCO)cn3CC)cn1. The Morgan fingerprint density at radius 1 is 1.20 bits per heavy atom. The van der Waals surface area contributed by atoms with E-state index in [0.717, 1.165) is 16.7 Å². The molecule has 4 N–H and O–H groups in total. The Bertz CT molecular complexity index is 1590. The number of nitrogens with zero attached hydrogens (tertiary/aromatic N) is 4. The normalized spacial score (nSPS) is 12.5. The summed E-state index contributed by atoms with van der Waals surface area (Å²) in [5, 5.41) is 25.5. The van der Waals surface area contributed by atoms with Gasteiger partial charge in [0.2, 0.25) is 0 Å². The molecular formula is C25H25F3N6O5S. The quantitative estimate of drug-likeness (QED) is 0.219. The number of halogens is 3. The van der Waals surface area contributed by atoms with Crippen LogP contribution in [-0.4, -0.2) is 55.5 Å². The lowest BCUT2D eigenvalue weighted by Crippen LogP contribution is -2.28. The van der Waals surface area contributed by atoms with Crippen LogP contribution in [0.4, 0.5) is 23.8 Å². The van der Waals surface area contributed by atoms with E-state index in [1.54, 1.807) is 11.5 Å². The number of thiazole rings is 1. The average molecular weight is 579 g/mol. The van der Waals surface area contributed by atoms with Gasteiger partial charge in [0.15, 0.2) is 17.4 Å². The molecule has 1 unspecified atom stereocenters. The molecule has 40 heavy (non-hydrogen) atoms. The molecule has 0 saturated heterocycles. The number of hydrogen-bond acceptors (Lipinski definition) is 9. The molecule has 11 nitrogen and oxygen atoms in total. The molecule has 0 aliphatic heterocycles. The molecule has 4 aromatic heterocycles. The van der Waals surface area contributed by atoms with Crippen LogP contribution in [0.1, 0.15) is 31.4 Å². The van der Waals surface area contributed by atoms with Crippen LogP contribution in [0.15, 0.2) is 40.9 Å². The van der Waals surface area contributed by atoms with Crippen LogP contribution in [0.3, 0.4) is 0 Å². The van der Waals surface area contributed by atoms with Crippen LogP contribution >= 0.6 is 11.3 Å². The first-order chi connectivity index (χ1) is 19.1. The molecule has 15 heteroatoms. The number of carbonyl (C=O) groups is 1. The van der Waals surface area contributed by atoms with Crippen molar-refractivity contribution >= 4 is 34.2 Å². The lowest BCUT2D eigenvalue weighted by Gasteiger charge is -2.16. The number of nitrogens with one attached hydrogen (secondary N) is 2. The Balaban J connectivity index is 1.89. The zero-order chi connectivity index (χ0) is 29.0. The van der Waals surface area contributed by atoms with Gasteiger partial charge in [-0.25, -0.2) is 19.7 Å². The minimum atomic E-state index is -4.66. The highest BCUT2D eigenvalue weighted by atomic mass is 32.1. The number of amides is 2. The minimum absolute atomic E-state index is 0.0105. The highest BCUT2D eigenvalue weighted by molar-refractivity contribution is 7.13. The van der Waals surface area contributed by atoms with Gasteiger partial charge in [-0.1, -0.05) is 0 Å². The summed E-state index contributed by atoms with van der Waals surface area (Å²) in [6.45, 7) is 3.73. The minimum Gasteiger partial charge on any atom is -0.394 e. The molecule has 0 bridgehead atoms. The average Bonchev–Trinajstić information content (AvgIpc) is 3.43. The van der Waals surface area contributed by atoms with Crippen molar-refractivity contribution in [2.45, 2.75) is 32.9 Å². The summed E-state index contributed by atoms with van der Waals surface area (Å²) in [6.07, 6.45) is -2.05. The van der Waals surface area contributed by atoms with Gasteiger partial charge in [0, 0.05) is 53.8 Å². The molecule has 2 amide bonds. The van der Waals surface area contributed by atoms with Gasteiger partial charge in [0.1, 0.15) is 16.5 Å². The lowest BCUT2D eigenvalue weighted by atomic mass is 10.0. The number of urea groups is 1. The van der Waals surface area contributed by atoms with Crippen molar-refractivity contribution in [2.75, 3.05) is 25.1 Å². The first-order valence-corrected chi connectivity index (χ1v) is 13.0. The summed E-state index contributed by atoms with van der Waals surface area (Å²) < 4.78 is 46.7. The molecule has 1 atom stereocenters. The van der Waals surface area contributed by atoms with Crippen LogP contribution in [-0.2, 0) is 17.5 Å². The summed E-state index contributed by atoms with van der Waals surface area (Å²) >= 11 is 0.760. The maximum absolute atomic E-state index is 13.3. The van der Waals surface area contributed by atoms with Gasteiger partial charge >= 0.3 is 12.2 Å². The molecule has 4 rings (SSSR count). The third-order valence-electron chi connectivity index (χ3n) is 5.73. The van der Waals surface area contributed by atoms with Crippen LogP contribution in [0.5, 0.6) is 0 Å². The second-order valence-corrected chi connectivity index (χ2v) is 9.23. The Morgan fingerprint density at radius 2 is 1.98 bits per heavy atom. The fourth-order valence-corrected chi connectivity index (χ4v) is 4.75. The Labute approximate surface area is 229 Å². The van der Waals surface area contributed by atoms with Gasteiger partial charge in [0.05, 0.1) is 24.2 Å². The van der Waals surface area contributed by atoms with Crippen molar-refractivity contribution in [3.8, 4) is 21.7 Å². The van der Waals surface area contributed by atoms with Gasteiger partial charge in [-0.3, -0.25) is 10.1 Å². The molecule has 0 saturated carbocycles. The predicted molar refractivity (Wildman–Crippen MR) is 142 cm³/mol. The number of alkyl halides is 3. The molecule has 0 aliphatic carbocycles. The van der Waals surface area contributed by atoms with Gasteiger partial charge < -0.3 is 24.8 Å². The summed E-state index contributed by atoms with van der Waals surface area (Å²) in [5.74, 6) is 0.0713. The van der Waals surface area contributed by atoms with Crippen molar-refractivity contribution in [1.29, 1.82) is 0 Å². The third-order valence-corrected chi connectivity index (χ3v) is 6.61. The van der Waals surface area contributed by atoms with Crippen molar-refractivity contribution < 1.29 is 32.9 Å². The highest BCUT2D eigenvalue weighted by Gasteiger charge is 2.34. The number of hydrogen-bond donors (Lipinski definition) is 4. The smallest absolute Gasteiger partial charge is 0.394 e. The standard InChI is InChI=1S/C25H25F3N6O5S/c1-3-29-24(38)33-19-8-14(22-32-18(12-40-22)25(26,27)28)16(10-30-19)13-7-15-20(36)17(23(37)39-6-5-35)11-34(4-2)21(15)31-9-13/h7-12,23,35,37H,3-6H2,1-2H3,(H2,29,30,33,38). The van der Waals surface area contributed by atoms with Crippen molar-refractivity contribution in [2.24, 2.45) is 0 Å². The topological polar surface area (TPSA) is 151 Å². The Hall–Kier alpha value is -3.92. The lowest BCUT2D eigenvalue weighted by molar-refractivity contribution is -0.140. The van der Waals surface area contributed by atoms with E-state index in [2.05, 4.69) is 25.6 Å². The molecule has 0 aromatic carbocycles. The first kappa shape index (κ1) is 29.1. The number of aliphatic hydroxyl groups excluding tert-OH is 2. The molecule has 0 radical (unpaired) electrons. The maximum atomic E-state index is 13.3. The van der Waals surface area contributed by atoms with Gasteiger partial charge in [0.25, 0.3) is 0 Å². The van der Waals surface area contributed by atoms with E-state index < -0.39 is 29.6 Å². The van der Waals surface area contributed by atoms with Crippen molar-refractivity contribution in [3.63, 3.8) is 0 Å². The fourth-order valence-electron chi connectivity index (χ4n) is 3.89. The molecule has 0 aliphatic rings. The number of pyridine rings is 3. The van der Waals surface area contributed by atoms with E-state index in [9.17, 15) is 27.9 Å². The number of aliphatic hydroxyl groups is 2. The monoisotopic (exact) mass is 578 g/mol.